The number of fused-ring (bicyclic) bond motifs is 1. The minimum absolute atomic E-state index is 0.0945. The lowest BCUT2D eigenvalue weighted by Crippen LogP contribution is -2.38. The number of carbonyl (C=O) groups is 4. The largest absolute Gasteiger partial charge is 0.451 e. The Kier molecular flexibility index (Phi) is 4.92. The Morgan fingerprint density at radius 1 is 1.19 bits per heavy atom. The summed E-state index contributed by atoms with van der Waals surface area (Å²) >= 11 is 0. The third-order valence-electron chi connectivity index (χ3n) is 4.02. The van der Waals surface area contributed by atoms with Crippen LogP contribution in [-0.2, 0) is 23.9 Å². The van der Waals surface area contributed by atoms with Gasteiger partial charge in [-0.3, -0.25) is 29.1 Å². The molecule has 1 aliphatic rings. The van der Waals surface area contributed by atoms with Gasteiger partial charge in [-0.2, -0.15) is 0 Å². The van der Waals surface area contributed by atoms with E-state index in [-0.39, 0.29) is 12.8 Å². The van der Waals surface area contributed by atoms with Crippen molar-refractivity contribution in [3.05, 3.63) is 36.5 Å². The van der Waals surface area contributed by atoms with Crippen LogP contribution in [-0.4, -0.2) is 46.2 Å². The fourth-order valence-electron chi connectivity index (χ4n) is 2.66. The van der Waals surface area contributed by atoms with Crippen LogP contribution in [0.3, 0.4) is 0 Å². The first-order valence-electron chi connectivity index (χ1n) is 8.13. The molecule has 1 unspecified atom stereocenters. The van der Waals surface area contributed by atoms with Gasteiger partial charge < -0.3 is 10.1 Å². The number of imide groups is 1. The van der Waals surface area contributed by atoms with Gasteiger partial charge in [-0.1, -0.05) is 6.07 Å². The lowest BCUT2D eigenvalue weighted by molar-refractivity contribution is -0.158. The maximum Gasteiger partial charge on any atom is 0.326 e. The lowest BCUT2D eigenvalue weighted by atomic mass is 10.2. The first-order chi connectivity index (χ1) is 12.5. The predicted octanol–water partition coefficient (Wildman–Crippen LogP) is 1.25. The Morgan fingerprint density at radius 3 is 2.65 bits per heavy atom. The molecule has 0 bridgehead atoms. The van der Waals surface area contributed by atoms with Crippen molar-refractivity contribution >= 4 is 40.3 Å². The predicted molar refractivity (Wildman–Crippen MR) is 91.9 cm³/mol. The van der Waals surface area contributed by atoms with Gasteiger partial charge >= 0.3 is 5.97 Å². The highest BCUT2D eigenvalue weighted by Crippen LogP contribution is 2.21. The zero-order chi connectivity index (χ0) is 18.7. The molecule has 1 saturated heterocycles. The number of carbonyl (C=O) groups excluding carboxylic acids is 4. The molecule has 8 heteroatoms. The first-order valence-corrected chi connectivity index (χ1v) is 8.13. The number of nitrogens with one attached hydrogen (secondary N) is 1. The number of hydrogen-bond donors (Lipinski definition) is 1. The molecule has 0 radical (unpaired) electrons. The number of ether oxygens (including phenoxy) is 1. The number of esters is 1. The first kappa shape index (κ1) is 17.5. The molecule has 1 atom stereocenters. The van der Waals surface area contributed by atoms with E-state index in [0.29, 0.717) is 5.69 Å². The second-order valence-corrected chi connectivity index (χ2v) is 5.87. The second kappa shape index (κ2) is 7.30. The van der Waals surface area contributed by atoms with E-state index in [4.69, 9.17) is 4.74 Å². The van der Waals surface area contributed by atoms with Crippen LogP contribution < -0.4 is 5.32 Å². The van der Waals surface area contributed by atoms with Crippen molar-refractivity contribution < 1.29 is 23.9 Å². The summed E-state index contributed by atoms with van der Waals surface area (Å²) in [6, 6.07) is 8.87. The number of anilines is 1. The molecule has 134 valence electrons. The zero-order valence-corrected chi connectivity index (χ0v) is 14.1. The molecule has 2 aromatic rings. The quantitative estimate of drug-likeness (QED) is 0.639. The maximum atomic E-state index is 12.3. The zero-order valence-electron chi connectivity index (χ0n) is 14.1. The number of hydrogen-bond acceptors (Lipinski definition) is 6. The number of aromatic nitrogens is 1. The summed E-state index contributed by atoms with van der Waals surface area (Å²) in [6.45, 7) is 0.942. The monoisotopic (exact) mass is 355 g/mol. The van der Waals surface area contributed by atoms with E-state index in [9.17, 15) is 19.2 Å². The maximum absolute atomic E-state index is 12.3. The molecule has 3 amide bonds. The van der Waals surface area contributed by atoms with Crippen molar-refractivity contribution in [2.75, 3.05) is 11.9 Å². The minimum Gasteiger partial charge on any atom is -0.451 e. The Morgan fingerprint density at radius 2 is 1.92 bits per heavy atom. The van der Waals surface area contributed by atoms with E-state index in [1.165, 1.54) is 6.92 Å². The standard InChI is InChI=1S/C18H17N3O5/c1-11(26-17(24)10-21-15(22)7-8-16(21)23)18(25)20-14-6-2-5-13-12(14)4-3-9-19-13/h2-6,9,11H,7-8,10H2,1H3,(H,20,25). The van der Waals surface area contributed by atoms with Gasteiger partial charge in [-0.15, -0.1) is 0 Å². The van der Waals surface area contributed by atoms with E-state index in [1.807, 2.05) is 12.1 Å². The molecular formula is C18H17N3O5. The van der Waals surface area contributed by atoms with Crippen LogP contribution in [0.1, 0.15) is 19.8 Å². The molecule has 0 saturated carbocycles. The molecule has 1 aromatic carbocycles. The molecule has 1 fully saturated rings. The van der Waals surface area contributed by atoms with Gasteiger partial charge in [0.05, 0.1) is 11.2 Å². The number of nitrogens with zero attached hydrogens (tertiary/aromatic N) is 2. The van der Waals surface area contributed by atoms with Crippen LogP contribution in [0.2, 0.25) is 0 Å². The SMILES string of the molecule is CC(OC(=O)CN1C(=O)CCC1=O)C(=O)Nc1cccc2ncccc12. The molecule has 26 heavy (non-hydrogen) atoms. The summed E-state index contributed by atoms with van der Waals surface area (Å²) in [6.07, 6.45) is 0.760. The van der Waals surface area contributed by atoms with Crippen molar-refractivity contribution in [2.45, 2.75) is 25.9 Å². The van der Waals surface area contributed by atoms with Crippen LogP contribution in [0.4, 0.5) is 5.69 Å². The average molecular weight is 355 g/mol. The fraction of sp³-hybridized carbons (Fsp3) is 0.278. The fourth-order valence-corrected chi connectivity index (χ4v) is 2.66. The van der Waals surface area contributed by atoms with E-state index in [0.717, 1.165) is 15.8 Å². The topological polar surface area (TPSA) is 106 Å². The van der Waals surface area contributed by atoms with Gasteiger partial charge in [0.1, 0.15) is 6.54 Å². The highest BCUT2D eigenvalue weighted by atomic mass is 16.5. The smallest absolute Gasteiger partial charge is 0.326 e. The Labute approximate surface area is 149 Å². The molecule has 1 N–H and O–H groups in total. The summed E-state index contributed by atoms with van der Waals surface area (Å²) in [5.74, 6) is -2.15. The molecular weight excluding hydrogens is 338 g/mol. The van der Waals surface area contributed by atoms with Gasteiger partial charge in [0.15, 0.2) is 6.10 Å². The van der Waals surface area contributed by atoms with Gasteiger partial charge in [0, 0.05) is 24.4 Å². The van der Waals surface area contributed by atoms with E-state index < -0.39 is 36.3 Å². The Balaban J connectivity index is 1.61. The van der Waals surface area contributed by atoms with Crippen LogP contribution in [0, 0.1) is 0 Å². The van der Waals surface area contributed by atoms with Gasteiger partial charge in [-0.25, -0.2) is 0 Å². The number of amides is 3. The van der Waals surface area contributed by atoms with Crippen molar-refractivity contribution in [3.8, 4) is 0 Å². The Hall–Kier alpha value is -3.29. The van der Waals surface area contributed by atoms with Crippen molar-refractivity contribution in [1.29, 1.82) is 0 Å². The molecule has 2 heterocycles. The molecule has 0 aliphatic carbocycles. The molecule has 1 aliphatic heterocycles. The number of likely N-dealkylation sites (tertiary alicyclic amines) is 1. The molecule has 3 rings (SSSR count). The number of rotatable bonds is 5. The van der Waals surface area contributed by atoms with Crippen LogP contribution in [0.25, 0.3) is 10.9 Å². The minimum atomic E-state index is -1.08. The van der Waals surface area contributed by atoms with Gasteiger partial charge in [0.25, 0.3) is 5.91 Å². The van der Waals surface area contributed by atoms with Crippen molar-refractivity contribution in [1.82, 2.24) is 9.88 Å². The van der Waals surface area contributed by atoms with Crippen LogP contribution >= 0.6 is 0 Å². The third-order valence-corrected chi connectivity index (χ3v) is 4.02. The second-order valence-electron chi connectivity index (χ2n) is 5.87. The van der Waals surface area contributed by atoms with Gasteiger partial charge in [-0.05, 0) is 31.2 Å². The molecule has 0 spiro atoms. The normalized spacial score (nSPS) is 15.2. The highest BCUT2D eigenvalue weighted by molar-refractivity contribution is 6.05. The average Bonchev–Trinajstić information content (AvgIpc) is 2.94. The number of pyridine rings is 1. The highest BCUT2D eigenvalue weighted by Gasteiger charge is 2.31. The van der Waals surface area contributed by atoms with E-state index in [2.05, 4.69) is 10.3 Å². The summed E-state index contributed by atoms with van der Waals surface area (Å²) in [5.41, 5.74) is 1.27. The number of benzene rings is 1. The summed E-state index contributed by atoms with van der Waals surface area (Å²) in [7, 11) is 0. The van der Waals surface area contributed by atoms with E-state index >= 15 is 0 Å². The molecule has 1 aromatic heterocycles. The van der Waals surface area contributed by atoms with Crippen LogP contribution in [0.15, 0.2) is 36.5 Å². The van der Waals surface area contributed by atoms with Crippen molar-refractivity contribution in [2.24, 2.45) is 0 Å². The van der Waals surface area contributed by atoms with E-state index in [1.54, 1.807) is 24.4 Å². The summed E-state index contributed by atoms with van der Waals surface area (Å²) < 4.78 is 5.04. The summed E-state index contributed by atoms with van der Waals surface area (Å²) in [4.78, 5) is 52.3. The van der Waals surface area contributed by atoms with Crippen LogP contribution in [0.5, 0.6) is 0 Å². The van der Waals surface area contributed by atoms with Crippen molar-refractivity contribution in [3.63, 3.8) is 0 Å². The third kappa shape index (κ3) is 3.69. The Bertz CT molecular complexity index is 874. The lowest BCUT2D eigenvalue weighted by Gasteiger charge is -2.17. The summed E-state index contributed by atoms with van der Waals surface area (Å²) in [5, 5.41) is 3.46. The van der Waals surface area contributed by atoms with Gasteiger partial charge in [0.2, 0.25) is 11.8 Å². The molecule has 8 nitrogen and oxygen atoms in total.